The molecule has 0 radical (unpaired) electrons. The molecule has 0 bridgehead atoms. The van der Waals surface area contributed by atoms with Gasteiger partial charge in [0.2, 0.25) is 20.4 Å². The molecule has 0 amide bonds. The number of ether oxygens (including phenoxy) is 17. The van der Waals surface area contributed by atoms with E-state index in [1.165, 1.54) is 35.4 Å². The fourth-order valence-electron chi connectivity index (χ4n) is 18.1. The summed E-state index contributed by atoms with van der Waals surface area (Å²) >= 11 is 0. The predicted octanol–water partition coefficient (Wildman–Crippen LogP) is 28.4. The average Bonchev–Trinajstić information content (AvgIpc) is 1.69. The smallest absolute Gasteiger partial charge is 0.343 e. The van der Waals surface area contributed by atoms with Crippen molar-refractivity contribution in [2.45, 2.75) is 249 Å². The van der Waals surface area contributed by atoms with Crippen molar-refractivity contribution in [3.05, 3.63) is 273 Å². The van der Waals surface area contributed by atoms with Crippen molar-refractivity contribution in [1.29, 1.82) is 0 Å². The van der Waals surface area contributed by atoms with Gasteiger partial charge in [-0.05, 0) is 321 Å². The third kappa shape index (κ3) is 36.4. The standard InChI is InChI=1S/C37H32O10.2C36H42O8.12CH4/c1-4-30-33-19-28(44-21-41-26-11-13-27(14-12-26)43-23-46-36(39)6-3)15-17-31(33)32-18-16-29(20-34(30)32)47-37(40)24-7-9-25(10-8-24)42-22-45-35(38)5-2;2*1-4-34(37)40-20-24-6-10-26(11-7-24)36(39)44-29-15-17-31-30-16-14-28(18-32(30)23(3)33(31)19-29)43-22-42-27-12-8-25(9-13-27)21-41-35(38)5-2;;;;;;;;;;;;/h5-20,30H,2-4,21-23H2,1H3;2*4-5,14-19,23-27H,1-2,6-13,20-22H2,3H3;12*1H4. The second-order valence-corrected chi connectivity index (χ2v) is 34.3. The predicted molar refractivity (Wildman–Crippen MR) is 583 cm³/mol. The largest absolute Gasteiger partial charge is 0.468 e. The molecule has 7 aliphatic rings. The van der Waals surface area contributed by atoms with Gasteiger partial charge in [0, 0.05) is 54.2 Å². The lowest BCUT2D eigenvalue weighted by atomic mass is 9.82. The Morgan fingerprint density at radius 1 is 0.265 bits per heavy atom. The van der Waals surface area contributed by atoms with Crippen LogP contribution in [0.2, 0.25) is 0 Å². The maximum Gasteiger partial charge on any atom is 0.343 e. The van der Waals surface area contributed by atoms with Crippen molar-refractivity contribution in [3.8, 4) is 85.1 Å². The lowest BCUT2D eigenvalue weighted by Crippen LogP contribution is -2.27. The molecule has 26 nitrogen and oxygen atoms in total. The van der Waals surface area contributed by atoms with Gasteiger partial charge in [-0.3, -0.25) is 9.59 Å². The Morgan fingerprint density at radius 3 is 0.803 bits per heavy atom. The van der Waals surface area contributed by atoms with Crippen LogP contribution < -0.4 is 42.6 Å². The lowest BCUT2D eigenvalue weighted by molar-refractivity contribution is -0.145. The molecular formula is C121H164O26. The van der Waals surface area contributed by atoms with Gasteiger partial charge in [0.25, 0.3) is 0 Å². The first kappa shape index (κ1) is 131. The van der Waals surface area contributed by atoms with E-state index in [9.17, 15) is 43.2 Å². The van der Waals surface area contributed by atoms with Gasteiger partial charge in [0.1, 0.15) is 51.7 Å². The van der Waals surface area contributed by atoms with Gasteiger partial charge in [0.05, 0.1) is 56.0 Å². The zero-order chi connectivity index (χ0) is 95.3. The normalized spacial score (nSPS) is 18.3. The molecule has 147 heavy (non-hydrogen) atoms. The van der Waals surface area contributed by atoms with E-state index in [0.717, 1.165) is 188 Å². The first-order valence-corrected chi connectivity index (χ1v) is 46.0. The van der Waals surface area contributed by atoms with Gasteiger partial charge >= 0.3 is 53.7 Å². The summed E-state index contributed by atoms with van der Waals surface area (Å²) in [5, 5.41) is 0. The Bertz CT molecular complexity index is 5350. The first-order chi connectivity index (χ1) is 65.6. The number of hydrogen-bond donors (Lipinski definition) is 0. The Hall–Kier alpha value is -13.9. The van der Waals surface area contributed by atoms with Crippen LogP contribution in [0.1, 0.15) is 281 Å². The fraction of sp³-hybridized carbons (Fsp3) is 0.430. The Balaban J connectivity index is 0.00000106. The van der Waals surface area contributed by atoms with Crippen LogP contribution in [0.5, 0.6) is 51.7 Å². The molecule has 7 aliphatic carbocycles. The van der Waals surface area contributed by atoms with Gasteiger partial charge in [-0.25, -0.2) is 33.6 Å². The minimum Gasteiger partial charge on any atom is -0.468 e. The molecule has 0 N–H and O–H groups in total. The third-order valence-electron chi connectivity index (χ3n) is 25.8. The second kappa shape index (κ2) is 64.9. The number of benzene rings is 8. The molecule has 0 saturated heterocycles. The van der Waals surface area contributed by atoms with Crippen LogP contribution in [0.25, 0.3) is 33.4 Å². The van der Waals surface area contributed by atoms with Crippen LogP contribution in [0, 0.1) is 35.5 Å². The van der Waals surface area contributed by atoms with Crippen LogP contribution in [0.4, 0.5) is 0 Å². The maximum atomic E-state index is 13.0. The summed E-state index contributed by atoms with van der Waals surface area (Å²) in [5.41, 5.74) is 13.9. The molecule has 8 aromatic rings. The van der Waals surface area contributed by atoms with Crippen molar-refractivity contribution in [2.24, 2.45) is 35.5 Å². The highest BCUT2D eigenvalue weighted by atomic mass is 16.7. The quantitative estimate of drug-likeness (QED) is 0.0114. The van der Waals surface area contributed by atoms with Crippen LogP contribution in [0.15, 0.2) is 234 Å². The topological polar surface area (TPSA) is 311 Å². The van der Waals surface area contributed by atoms with E-state index in [1.54, 1.807) is 54.6 Å². The summed E-state index contributed by atoms with van der Waals surface area (Å²) in [6.07, 6.45) is 21.6. The summed E-state index contributed by atoms with van der Waals surface area (Å²) in [6, 6.07) is 48.8. The van der Waals surface area contributed by atoms with Crippen molar-refractivity contribution in [2.75, 3.05) is 60.4 Å². The summed E-state index contributed by atoms with van der Waals surface area (Å²) in [7, 11) is 0. The number of carbonyl (C=O) groups is 9. The zero-order valence-corrected chi connectivity index (χ0v) is 76.6. The molecule has 15 rings (SSSR count). The minimum atomic E-state index is -0.591. The summed E-state index contributed by atoms with van der Waals surface area (Å²) in [5.74, 6) is 2.98. The third-order valence-corrected chi connectivity index (χ3v) is 25.8. The second-order valence-electron chi connectivity index (χ2n) is 34.3. The van der Waals surface area contributed by atoms with Crippen LogP contribution in [-0.4, -0.2) is 126 Å². The number of fused-ring (bicyclic) bond motifs is 9. The molecule has 0 heterocycles. The van der Waals surface area contributed by atoms with E-state index in [4.69, 9.17) is 80.5 Å². The molecular weight excluding hydrogens is 1870 g/mol. The fourth-order valence-corrected chi connectivity index (χ4v) is 18.1. The molecule has 804 valence electrons. The van der Waals surface area contributed by atoms with E-state index in [1.807, 2.05) is 78.9 Å². The van der Waals surface area contributed by atoms with Crippen LogP contribution in [0.3, 0.4) is 0 Å². The molecule has 4 fully saturated rings. The van der Waals surface area contributed by atoms with E-state index < -0.39 is 29.8 Å². The molecule has 8 aromatic carbocycles. The molecule has 0 aliphatic heterocycles. The number of carbonyl (C=O) groups excluding carboxylic acids is 9. The highest BCUT2D eigenvalue weighted by Gasteiger charge is 2.36. The van der Waals surface area contributed by atoms with E-state index in [-0.39, 0.29) is 201 Å². The first-order valence-electron chi connectivity index (χ1n) is 46.0. The lowest BCUT2D eigenvalue weighted by Gasteiger charge is -2.28. The molecule has 3 unspecified atom stereocenters. The summed E-state index contributed by atoms with van der Waals surface area (Å²) in [6.45, 7) is 28.3. The van der Waals surface area contributed by atoms with Crippen molar-refractivity contribution < 1.29 is 124 Å². The van der Waals surface area contributed by atoms with Crippen molar-refractivity contribution in [1.82, 2.24) is 0 Å². The van der Waals surface area contributed by atoms with Gasteiger partial charge in [-0.15, -0.1) is 0 Å². The SMILES string of the molecule is C.C.C.C.C.C.C.C.C.C.C.C.C=CC(=O)OCC1CCC(OCOc2ccc3c(c2)C(C)c2cc(OC(=O)C4CCC(COC(=O)C=C)CC4)ccc2-3)CC1.C=CC(=O)OCC1CCC(OCOc2ccc3c(c2)C(C)c2cc(OC(=O)C4CCC(COC(=O)C=C)CC4)ccc2-3)CC1.C=CC(=O)OCOc1ccc(OCOc2ccc3c(c2)C(CC)c2cc(OC(=O)c4ccc(OCOC(=O)C=C)cc4)ccc2-3)cc1. The molecule has 3 atom stereocenters. The highest BCUT2D eigenvalue weighted by Crippen LogP contribution is 2.52. The van der Waals surface area contributed by atoms with Crippen LogP contribution >= 0.6 is 0 Å². The van der Waals surface area contributed by atoms with Gasteiger partial charge < -0.3 is 80.5 Å². The van der Waals surface area contributed by atoms with Crippen molar-refractivity contribution >= 4 is 53.7 Å². The summed E-state index contributed by atoms with van der Waals surface area (Å²) < 4.78 is 94.0. The van der Waals surface area contributed by atoms with Gasteiger partial charge in [-0.2, -0.15) is 0 Å². The van der Waals surface area contributed by atoms with E-state index >= 15 is 0 Å². The minimum absolute atomic E-state index is 0. The Morgan fingerprint density at radius 2 is 0.497 bits per heavy atom. The molecule has 4 saturated carbocycles. The highest BCUT2D eigenvalue weighted by molar-refractivity contribution is 5.92. The Kier molecular flexibility index (Phi) is 57.9. The molecule has 0 aromatic heterocycles. The molecule has 0 spiro atoms. The van der Waals surface area contributed by atoms with Crippen LogP contribution in [-0.2, 0) is 76.3 Å². The number of hydrogen-bond acceptors (Lipinski definition) is 26. The van der Waals surface area contributed by atoms with Gasteiger partial charge in [-0.1, -0.05) is 186 Å². The number of rotatable bonds is 39. The average molecular weight is 2030 g/mol. The summed E-state index contributed by atoms with van der Waals surface area (Å²) in [4.78, 5) is 106. The maximum absolute atomic E-state index is 13.0. The molecule has 26 heteroatoms. The number of esters is 9. The monoisotopic (exact) mass is 2030 g/mol. The van der Waals surface area contributed by atoms with Crippen molar-refractivity contribution in [3.63, 3.8) is 0 Å². The van der Waals surface area contributed by atoms with E-state index in [0.29, 0.717) is 84.1 Å². The van der Waals surface area contributed by atoms with E-state index in [2.05, 4.69) is 84.5 Å². The zero-order valence-electron chi connectivity index (χ0n) is 76.6. The Labute approximate surface area is 875 Å². The van der Waals surface area contributed by atoms with Gasteiger partial charge in [0.15, 0.2) is 13.6 Å².